The molecule has 1 fully saturated rings. The minimum Gasteiger partial charge on any atom is -0.355 e. The van der Waals surface area contributed by atoms with Gasteiger partial charge in [-0.2, -0.15) is 0 Å². The van der Waals surface area contributed by atoms with E-state index in [-0.39, 0.29) is 24.1 Å². The maximum Gasteiger partial charge on any atom is 0.273 e. The third-order valence-electron chi connectivity index (χ3n) is 4.71. The third kappa shape index (κ3) is 6.13. The minimum atomic E-state index is -3.26. The number of likely N-dealkylation sites (tertiary alicyclic amines) is 1. The molecule has 2 aromatic rings. The van der Waals surface area contributed by atoms with E-state index in [4.69, 9.17) is 4.52 Å². The maximum absolute atomic E-state index is 12.4. The van der Waals surface area contributed by atoms with Crippen LogP contribution in [0.1, 0.15) is 23.3 Å². The second-order valence-corrected chi connectivity index (χ2v) is 8.93. The first-order valence-electron chi connectivity index (χ1n) is 9.34. The van der Waals surface area contributed by atoms with E-state index >= 15 is 0 Å². The molecule has 2 N–H and O–H groups in total. The molecule has 0 bridgehead atoms. The summed E-state index contributed by atoms with van der Waals surface area (Å²) in [5, 5.41) is 6.33. The van der Waals surface area contributed by atoms with Crippen LogP contribution in [0.4, 0.5) is 0 Å². The van der Waals surface area contributed by atoms with Crippen LogP contribution in [0.3, 0.4) is 0 Å². The van der Waals surface area contributed by atoms with Crippen molar-refractivity contribution in [1.29, 1.82) is 0 Å². The second kappa shape index (κ2) is 9.19. The molecule has 3 rings (SSSR count). The van der Waals surface area contributed by atoms with Crippen LogP contribution in [0.2, 0.25) is 0 Å². The zero-order valence-electron chi connectivity index (χ0n) is 16.1. The summed E-state index contributed by atoms with van der Waals surface area (Å²) < 4.78 is 30.2. The lowest BCUT2D eigenvalue weighted by molar-refractivity contribution is -0.131. The van der Waals surface area contributed by atoms with E-state index in [9.17, 15) is 18.0 Å². The van der Waals surface area contributed by atoms with Crippen LogP contribution in [0.25, 0.3) is 11.3 Å². The molecule has 2 amide bonds. The van der Waals surface area contributed by atoms with E-state index in [1.54, 1.807) is 4.90 Å². The number of rotatable bonds is 7. The summed E-state index contributed by atoms with van der Waals surface area (Å²) in [4.78, 5) is 26.4. The number of amides is 2. The average molecular weight is 420 g/mol. The molecule has 0 radical (unpaired) electrons. The Hall–Kier alpha value is -2.72. The monoisotopic (exact) mass is 420 g/mol. The minimum absolute atomic E-state index is 0.0575. The Balaban J connectivity index is 1.50. The van der Waals surface area contributed by atoms with Gasteiger partial charge in [0.05, 0.1) is 12.8 Å². The number of benzene rings is 1. The number of hydrogen-bond acceptors (Lipinski definition) is 6. The van der Waals surface area contributed by atoms with Gasteiger partial charge in [0.25, 0.3) is 5.91 Å². The molecule has 9 nitrogen and oxygen atoms in total. The summed E-state index contributed by atoms with van der Waals surface area (Å²) in [5.41, 5.74) is 0.905. The smallest absolute Gasteiger partial charge is 0.273 e. The average Bonchev–Trinajstić information content (AvgIpc) is 3.21. The molecular formula is C19H24N4O5S. The molecule has 10 heteroatoms. The van der Waals surface area contributed by atoms with Gasteiger partial charge in [-0.1, -0.05) is 35.5 Å². The molecular weight excluding hydrogens is 396 g/mol. The predicted molar refractivity (Wildman–Crippen MR) is 106 cm³/mol. The van der Waals surface area contributed by atoms with Gasteiger partial charge in [0.1, 0.15) is 0 Å². The number of nitrogens with zero attached hydrogens (tertiary/aromatic N) is 2. The fraction of sp³-hybridized carbons (Fsp3) is 0.421. The van der Waals surface area contributed by atoms with Crippen LogP contribution in [0, 0.1) is 5.92 Å². The van der Waals surface area contributed by atoms with E-state index in [0.29, 0.717) is 25.4 Å². The van der Waals surface area contributed by atoms with Gasteiger partial charge >= 0.3 is 0 Å². The molecule has 156 valence electrons. The number of carbonyl (C=O) groups excluding carboxylic acids is 2. The molecule has 29 heavy (non-hydrogen) atoms. The largest absolute Gasteiger partial charge is 0.355 e. The van der Waals surface area contributed by atoms with Crippen molar-refractivity contribution in [2.75, 3.05) is 32.4 Å². The fourth-order valence-corrected chi connectivity index (χ4v) is 3.74. The first-order chi connectivity index (χ1) is 13.8. The molecule has 1 atom stereocenters. The molecule has 1 aromatic carbocycles. The van der Waals surface area contributed by atoms with Gasteiger partial charge in [0.15, 0.2) is 11.5 Å². The van der Waals surface area contributed by atoms with Gasteiger partial charge in [0, 0.05) is 31.3 Å². The summed E-state index contributed by atoms with van der Waals surface area (Å²) in [6, 6.07) is 10.8. The highest BCUT2D eigenvalue weighted by Gasteiger charge is 2.25. The molecule has 1 unspecified atom stereocenters. The van der Waals surface area contributed by atoms with E-state index < -0.39 is 15.9 Å². The fourth-order valence-electron chi connectivity index (χ4n) is 3.21. The highest BCUT2D eigenvalue weighted by Crippen LogP contribution is 2.19. The Morgan fingerprint density at radius 2 is 2.03 bits per heavy atom. The number of aromatic nitrogens is 1. The van der Waals surface area contributed by atoms with Crippen LogP contribution in [0.15, 0.2) is 40.9 Å². The van der Waals surface area contributed by atoms with Gasteiger partial charge in [0.2, 0.25) is 15.9 Å². The molecule has 1 saturated heterocycles. The highest BCUT2D eigenvalue weighted by molar-refractivity contribution is 7.88. The Morgan fingerprint density at radius 3 is 2.76 bits per heavy atom. The molecule has 0 saturated carbocycles. The predicted octanol–water partition coefficient (Wildman–Crippen LogP) is 0.859. The highest BCUT2D eigenvalue weighted by atomic mass is 32.2. The van der Waals surface area contributed by atoms with Crippen molar-refractivity contribution in [1.82, 2.24) is 20.1 Å². The summed E-state index contributed by atoms with van der Waals surface area (Å²) in [6.07, 6.45) is 2.75. The Kier molecular flexibility index (Phi) is 6.65. The Morgan fingerprint density at radius 1 is 1.28 bits per heavy atom. The topological polar surface area (TPSA) is 122 Å². The SMILES string of the molecule is CS(=O)(=O)NCC1CCCN(C(=O)CNC(=O)c2cc(-c3ccccc3)on2)C1. The summed E-state index contributed by atoms with van der Waals surface area (Å²) >= 11 is 0. The molecule has 2 heterocycles. The summed E-state index contributed by atoms with van der Waals surface area (Å²) in [7, 11) is -3.26. The van der Waals surface area contributed by atoms with Crippen molar-refractivity contribution in [2.45, 2.75) is 12.8 Å². The van der Waals surface area contributed by atoms with Crippen LogP contribution < -0.4 is 10.0 Å². The third-order valence-corrected chi connectivity index (χ3v) is 5.40. The standard InChI is InChI=1S/C19H24N4O5S/c1-29(26,27)21-11-14-6-5-9-23(13-14)18(24)12-20-19(25)16-10-17(28-22-16)15-7-3-2-4-8-15/h2-4,7-8,10,14,21H,5-6,9,11-13H2,1H3,(H,20,25). The van der Waals surface area contributed by atoms with Crippen molar-refractivity contribution in [3.8, 4) is 11.3 Å². The van der Waals surface area contributed by atoms with Crippen LogP contribution >= 0.6 is 0 Å². The van der Waals surface area contributed by atoms with Crippen LogP contribution in [-0.2, 0) is 14.8 Å². The van der Waals surface area contributed by atoms with Crippen molar-refractivity contribution < 1.29 is 22.5 Å². The van der Waals surface area contributed by atoms with Gasteiger partial charge < -0.3 is 14.7 Å². The molecule has 0 aliphatic carbocycles. The summed E-state index contributed by atoms with van der Waals surface area (Å²) in [5.74, 6) is -0.174. The Bertz CT molecular complexity index is 958. The first kappa shape index (κ1) is 21.0. The molecule has 1 aromatic heterocycles. The van der Waals surface area contributed by atoms with Crippen molar-refractivity contribution >= 4 is 21.8 Å². The zero-order chi connectivity index (χ0) is 20.9. The van der Waals surface area contributed by atoms with Gasteiger partial charge in [-0.15, -0.1) is 0 Å². The summed E-state index contributed by atoms with van der Waals surface area (Å²) in [6.45, 7) is 1.19. The maximum atomic E-state index is 12.4. The normalized spacial score (nSPS) is 17.1. The number of sulfonamides is 1. The first-order valence-corrected chi connectivity index (χ1v) is 11.2. The second-order valence-electron chi connectivity index (χ2n) is 7.09. The van der Waals surface area contributed by atoms with E-state index in [1.165, 1.54) is 6.07 Å². The Labute approximate surface area is 169 Å². The zero-order valence-corrected chi connectivity index (χ0v) is 16.9. The number of nitrogens with one attached hydrogen (secondary N) is 2. The number of carbonyl (C=O) groups is 2. The molecule has 1 aliphatic heterocycles. The van der Waals surface area contributed by atoms with Gasteiger partial charge in [-0.05, 0) is 18.8 Å². The van der Waals surface area contributed by atoms with Crippen molar-refractivity contribution in [3.05, 3.63) is 42.1 Å². The number of hydrogen-bond donors (Lipinski definition) is 2. The van der Waals surface area contributed by atoms with Gasteiger partial charge in [-0.25, -0.2) is 13.1 Å². The van der Waals surface area contributed by atoms with E-state index in [2.05, 4.69) is 15.2 Å². The van der Waals surface area contributed by atoms with E-state index in [0.717, 1.165) is 24.7 Å². The van der Waals surface area contributed by atoms with Gasteiger partial charge in [-0.3, -0.25) is 9.59 Å². The van der Waals surface area contributed by atoms with Crippen LogP contribution in [-0.4, -0.2) is 62.7 Å². The van der Waals surface area contributed by atoms with E-state index in [1.807, 2.05) is 30.3 Å². The lowest BCUT2D eigenvalue weighted by Gasteiger charge is -2.32. The molecule has 1 aliphatic rings. The van der Waals surface area contributed by atoms with Crippen molar-refractivity contribution in [2.24, 2.45) is 5.92 Å². The molecule has 0 spiro atoms. The number of piperidine rings is 1. The lowest BCUT2D eigenvalue weighted by atomic mass is 9.98. The lowest BCUT2D eigenvalue weighted by Crippen LogP contribution is -2.47. The van der Waals surface area contributed by atoms with Crippen molar-refractivity contribution in [3.63, 3.8) is 0 Å². The van der Waals surface area contributed by atoms with Crippen LogP contribution in [0.5, 0.6) is 0 Å². The quantitative estimate of drug-likeness (QED) is 0.685.